The second kappa shape index (κ2) is 8.58. The van der Waals surface area contributed by atoms with E-state index in [-0.39, 0.29) is 18.5 Å². The number of nitrogens with one attached hydrogen (secondary N) is 1. The van der Waals surface area contributed by atoms with Gasteiger partial charge in [0.15, 0.2) is 0 Å². The third-order valence-corrected chi connectivity index (χ3v) is 6.24. The molecule has 0 saturated carbocycles. The lowest BCUT2D eigenvalue weighted by Gasteiger charge is -2.37. The maximum absolute atomic E-state index is 12.8. The summed E-state index contributed by atoms with van der Waals surface area (Å²) in [5.74, 6) is -0.153. The van der Waals surface area contributed by atoms with Crippen LogP contribution in [0.2, 0.25) is 20.1 Å². The molecule has 150 valence electrons. The second-order valence-electron chi connectivity index (χ2n) is 6.85. The summed E-state index contributed by atoms with van der Waals surface area (Å²) in [4.78, 5) is 14.9. The minimum absolute atomic E-state index is 0.111. The number of aromatic nitrogens is 1. The fraction of sp³-hybridized carbons (Fsp3) is 0.190. The molecule has 0 bridgehead atoms. The molecule has 4 nitrogen and oxygen atoms in total. The van der Waals surface area contributed by atoms with E-state index in [1.165, 1.54) is 0 Å². The van der Waals surface area contributed by atoms with Crippen molar-refractivity contribution in [3.05, 3.63) is 86.1 Å². The van der Waals surface area contributed by atoms with E-state index in [0.717, 1.165) is 17.8 Å². The van der Waals surface area contributed by atoms with Gasteiger partial charge in [0.1, 0.15) is 0 Å². The molecule has 0 fully saturated rings. The van der Waals surface area contributed by atoms with Gasteiger partial charge in [-0.1, -0.05) is 52.5 Å². The predicted molar refractivity (Wildman–Crippen MR) is 119 cm³/mol. The third-order valence-electron chi connectivity index (χ3n) is 4.95. The number of fused-ring (bicyclic) bond motifs is 1. The summed E-state index contributed by atoms with van der Waals surface area (Å²) in [7, 11) is 0. The van der Waals surface area contributed by atoms with Gasteiger partial charge in [0, 0.05) is 30.0 Å². The van der Waals surface area contributed by atoms with Crippen molar-refractivity contribution in [1.82, 2.24) is 9.47 Å². The summed E-state index contributed by atoms with van der Waals surface area (Å²) in [6, 6.07) is 14.5. The van der Waals surface area contributed by atoms with Gasteiger partial charge in [0.2, 0.25) is 5.91 Å². The van der Waals surface area contributed by atoms with Crippen LogP contribution in [0.4, 0.5) is 5.69 Å². The van der Waals surface area contributed by atoms with Crippen molar-refractivity contribution in [1.29, 1.82) is 0 Å². The van der Waals surface area contributed by atoms with Crippen molar-refractivity contribution in [3.8, 4) is 0 Å². The average Bonchev–Trinajstić information content (AvgIpc) is 3.15. The van der Waals surface area contributed by atoms with Gasteiger partial charge in [0.25, 0.3) is 0 Å². The maximum Gasteiger partial charge on any atom is 0.238 e. The fourth-order valence-electron chi connectivity index (χ4n) is 3.63. The van der Waals surface area contributed by atoms with Crippen molar-refractivity contribution in [3.63, 3.8) is 0 Å². The molecule has 1 aromatic heterocycles. The molecule has 1 amide bonds. The highest BCUT2D eigenvalue weighted by atomic mass is 35.5. The Bertz CT molecular complexity index is 1070. The van der Waals surface area contributed by atoms with E-state index >= 15 is 0 Å². The molecule has 3 aromatic rings. The first kappa shape index (κ1) is 20.6. The van der Waals surface area contributed by atoms with Crippen LogP contribution in [0.5, 0.6) is 0 Å². The molecule has 1 unspecified atom stereocenters. The number of benzene rings is 2. The van der Waals surface area contributed by atoms with Gasteiger partial charge in [-0.25, -0.2) is 0 Å². The molecule has 4 rings (SSSR count). The molecule has 0 radical (unpaired) electrons. The zero-order valence-corrected chi connectivity index (χ0v) is 18.2. The van der Waals surface area contributed by atoms with E-state index in [1.54, 1.807) is 24.3 Å². The first-order valence-corrected chi connectivity index (χ1v) is 10.5. The molecule has 1 N–H and O–H groups in total. The monoisotopic (exact) mass is 467 g/mol. The number of carbonyl (C=O) groups is 1. The summed E-state index contributed by atoms with van der Waals surface area (Å²) in [5, 5.41) is 4.78. The Morgan fingerprint density at radius 3 is 2.55 bits per heavy atom. The van der Waals surface area contributed by atoms with Crippen molar-refractivity contribution in [2.24, 2.45) is 0 Å². The van der Waals surface area contributed by atoms with Gasteiger partial charge in [-0.05, 0) is 48.0 Å². The van der Waals surface area contributed by atoms with Crippen molar-refractivity contribution >= 4 is 58.0 Å². The quantitative estimate of drug-likeness (QED) is 0.498. The van der Waals surface area contributed by atoms with E-state index in [0.29, 0.717) is 32.3 Å². The van der Waals surface area contributed by atoms with Crippen LogP contribution in [0, 0.1) is 0 Å². The molecule has 1 atom stereocenters. The lowest BCUT2D eigenvalue weighted by atomic mass is 10.00. The largest absolute Gasteiger partial charge is 0.348 e. The number of carbonyl (C=O) groups excluding carboxylic acids is 1. The number of nitrogens with zero attached hydrogens (tertiary/aromatic N) is 2. The SMILES string of the molecule is O=C(CN1CCn2cccc2C1c1ccc(Cl)c(Cl)c1)Nc1ccc(Cl)cc1Cl. The van der Waals surface area contributed by atoms with Crippen LogP contribution >= 0.6 is 46.4 Å². The first-order valence-electron chi connectivity index (χ1n) is 9.01. The summed E-state index contributed by atoms with van der Waals surface area (Å²) >= 11 is 24.5. The number of anilines is 1. The zero-order chi connectivity index (χ0) is 20.5. The molecule has 8 heteroatoms. The van der Waals surface area contributed by atoms with Crippen LogP contribution in [0.1, 0.15) is 17.3 Å². The highest BCUT2D eigenvalue weighted by molar-refractivity contribution is 6.42. The Morgan fingerprint density at radius 1 is 0.966 bits per heavy atom. The Balaban J connectivity index is 1.59. The highest BCUT2D eigenvalue weighted by Gasteiger charge is 2.30. The smallest absolute Gasteiger partial charge is 0.238 e. The van der Waals surface area contributed by atoms with Crippen molar-refractivity contribution in [2.75, 3.05) is 18.4 Å². The van der Waals surface area contributed by atoms with Crippen LogP contribution in [-0.4, -0.2) is 28.5 Å². The van der Waals surface area contributed by atoms with Gasteiger partial charge in [-0.3, -0.25) is 9.69 Å². The predicted octanol–water partition coefficient (Wildman–Crippen LogP) is 6.15. The Labute approximate surface area is 188 Å². The summed E-state index contributed by atoms with van der Waals surface area (Å²) in [5.41, 5.74) is 2.62. The molecule has 2 heterocycles. The minimum Gasteiger partial charge on any atom is -0.348 e. The van der Waals surface area contributed by atoms with E-state index < -0.39 is 0 Å². The highest BCUT2D eigenvalue weighted by Crippen LogP contribution is 2.35. The Kier molecular flexibility index (Phi) is 6.09. The Morgan fingerprint density at radius 2 is 1.79 bits per heavy atom. The maximum atomic E-state index is 12.8. The van der Waals surface area contributed by atoms with Crippen LogP contribution in [-0.2, 0) is 11.3 Å². The lowest BCUT2D eigenvalue weighted by Crippen LogP contribution is -2.42. The molecule has 0 spiro atoms. The second-order valence-corrected chi connectivity index (χ2v) is 8.50. The van der Waals surface area contributed by atoms with Gasteiger partial charge in [0.05, 0.1) is 33.3 Å². The molecule has 1 aliphatic rings. The third kappa shape index (κ3) is 4.42. The molecular formula is C21H17Cl4N3O. The number of amides is 1. The van der Waals surface area contributed by atoms with Crippen molar-refractivity contribution in [2.45, 2.75) is 12.6 Å². The number of halogens is 4. The first-order chi connectivity index (χ1) is 13.9. The summed E-state index contributed by atoms with van der Waals surface area (Å²) < 4.78 is 2.19. The van der Waals surface area contributed by atoms with E-state index in [4.69, 9.17) is 46.4 Å². The lowest BCUT2D eigenvalue weighted by molar-refractivity contribution is -0.117. The van der Waals surface area contributed by atoms with Crippen LogP contribution < -0.4 is 5.32 Å². The van der Waals surface area contributed by atoms with E-state index in [9.17, 15) is 4.79 Å². The van der Waals surface area contributed by atoms with Crippen molar-refractivity contribution < 1.29 is 4.79 Å². The summed E-state index contributed by atoms with van der Waals surface area (Å²) in [6.07, 6.45) is 2.05. The van der Waals surface area contributed by atoms with E-state index in [2.05, 4.69) is 20.9 Å². The fourth-order valence-corrected chi connectivity index (χ4v) is 4.39. The van der Waals surface area contributed by atoms with Crippen LogP contribution in [0.25, 0.3) is 0 Å². The summed E-state index contributed by atoms with van der Waals surface area (Å²) in [6.45, 7) is 1.72. The number of hydrogen-bond acceptors (Lipinski definition) is 2. The molecule has 29 heavy (non-hydrogen) atoms. The Hall–Kier alpha value is -1.69. The molecule has 0 saturated heterocycles. The van der Waals surface area contributed by atoms with Gasteiger partial charge in [-0.2, -0.15) is 0 Å². The standard InChI is InChI=1S/C21H17Cl4N3O/c22-14-4-6-18(17(25)11-14)26-20(29)12-28-9-8-27-7-1-2-19(27)21(28)13-3-5-15(23)16(24)10-13/h1-7,10-11,21H,8-9,12H2,(H,26,29). The number of rotatable bonds is 4. The molecular weight excluding hydrogens is 452 g/mol. The van der Waals surface area contributed by atoms with Crippen LogP contribution in [0.3, 0.4) is 0 Å². The van der Waals surface area contributed by atoms with Crippen LogP contribution in [0.15, 0.2) is 54.7 Å². The van der Waals surface area contributed by atoms with Gasteiger partial charge >= 0.3 is 0 Å². The topological polar surface area (TPSA) is 37.3 Å². The molecule has 1 aliphatic heterocycles. The molecule has 2 aromatic carbocycles. The molecule has 0 aliphatic carbocycles. The minimum atomic E-state index is -0.153. The zero-order valence-electron chi connectivity index (χ0n) is 15.2. The van der Waals surface area contributed by atoms with E-state index in [1.807, 2.05) is 24.4 Å². The normalized spacial score (nSPS) is 16.5. The number of hydrogen-bond donors (Lipinski definition) is 1. The average molecular weight is 469 g/mol. The van der Waals surface area contributed by atoms with Gasteiger partial charge in [-0.15, -0.1) is 0 Å². The van der Waals surface area contributed by atoms with Gasteiger partial charge < -0.3 is 9.88 Å².